The summed E-state index contributed by atoms with van der Waals surface area (Å²) in [5.41, 5.74) is 4.10. The van der Waals surface area contributed by atoms with Crippen molar-refractivity contribution in [3.63, 3.8) is 0 Å². The minimum Gasteiger partial charge on any atom is -0.497 e. The van der Waals surface area contributed by atoms with Crippen molar-refractivity contribution in [2.24, 2.45) is 0 Å². The van der Waals surface area contributed by atoms with E-state index in [0.29, 0.717) is 17.2 Å². The molecule has 150 valence electrons. The van der Waals surface area contributed by atoms with Gasteiger partial charge < -0.3 is 20.1 Å². The van der Waals surface area contributed by atoms with Gasteiger partial charge in [-0.05, 0) is 35.7 Å². The molecule has 2 N–H and O–H groups in total. The van der Waals surface area contributed by atoms with Crippen LogP contribution in [0.1, 0.15) is 18.5 Å². The Labute approximate surface area is 171 Å². The van der Waals surface area contributed by atoms with Crippen molar-refractivity contribution in [2.45, 2.75) is 13.0 Å². The van der Waals surface area contributed by atoms with Gasteiger partial charge in [0.15, 0.2) is 0 Å². The van der Waals surface area contributed by atoms with Gasteiger partial charge in [0.05, 0.1) is 26.5 Å². The molecule has 1 atom stereocenters. The highest BCUT2D eigenvalue weighted by Gasteiger charge is 2.11. The Morgan fingerprint density at radius 1 is 0.897 bits per heavy atom. The van der Waals surface area contributed by atoms with Crippen molar-refractivity contribution in [3.05, 3.63) is 78.4 Å². The second-order valence-electron chi connectivity index (χ2n) is 6.71. The number of nitrogens with one attached hydrogen (secondary N) is 2. The Morgan fingerprint density at radius 3 is 2.24 bits per heavy atom. The van der Waals surface area contributed by atoms with Gasteiger partial charge in [-0.15, -0.1) is 0 Å². The number of hydrogen-bond acceptors (Lipinski definition) is 4. The average Bonchev–Trinajstić information content (AvgIpc) is 2.78. The SMILES string of the molecule is COc1ccc(NC(=O)CN[C@H](C)c2ccc(-c3ccccc3)cc2)c(OC)c1. The van der Waals surface area contributed by atoms with Gasteiger partial charge in [0.1, 0.15) is 11.5 Å². The molecule has 0 unspecified atom stereocenters. The average molecular weight is 390 g/mol. The zero-order valence-electron chi connectivity index (χ0n) is 16.9. The second-order valence-corrected chi connectivity index (χ2v) is 6.71. The highest BCUT2D eigenvalue weighted by atomic mass is 16.5. The number of methoxy groups -OCH3 is 2. The van der Waals surface area contributed by atoms with Crippen LogP contribution in [0.15, 0.2) is 72.8 Å². The quantitative estimate of drug-likeness (QED) is 0.587. The van der Waals surface area contributed by atoms with E-state index in [1.165, 1.54) is 11.1 Å². The first-order valence-corrected chi connectivity index (χ1v) is 9.51. The maximum atomic E-state index is 12.3. The summed E-state index contributed by atoms with van der Waals surface area (Å²) in [4.78, 5) is 12.3. The fourth-order valence-electron chi connectivity index (χ4n) is 3.05. The molecule has 0 saturated carbocycles. The molecule has 5 nitrogen and oxygen atoms in total. The molecule has 0 aliphatic heterocycles. The topological polar surface area (TPSA) is 59.6 Å². The van der Waals surface area contributed by atoms with Crippen LogP contribution in [-0.4, -0.2) is 26.7 Å². The van der Waals surface area contributed by atoms with Crippen LogP contribution in [0.25, 0.3) is 11.1 Å². The lowest BCUT2D eigenvalue weighted by Gasteiger charge is -2.16. The number of amides is 1. The molecule has 0 radical (unpaired) electrons. The van der Waals surface area contributed by atoms with Gasteiger partial charge in [-0.2, -0.15) is 0 Å². The first kappa shape index (κ1) is 20.4. The van der Waals surface area contributed by atoms with Gasteiger partial charge in [-0.3, -0.25) is 4.79 Å². The molecule has 29 heavy (non-hydrogen) atoms. The van der Waals surface area contributed by atoms with Crippen molar-refractivity contribution in [2.75, 3.05) is 26.1 Å². The van der Waals surface area contributed by atoms with E-state index < -0.39 is 0 Å². The van der Waals surface area contributed by atoms with Crippen LogP contribution in [0.2, 0.25) is 0 Å². The van der Waals surface area contributed by atoms with Crippen molar-refractivity contribution in [3.8, 4) is 22.6 Å². The lowest BCUT2D eigenvalue weighted by Crippen LogP contribution is -2.30. The predicted octanol–water partition coefficient (Wildman–Crippen LogP) is 4.66. The largest absolute Gasteiger partial charge is 0.497 e. The second kappa shape index (κ2) is 9.75. The summed E-state index contributed by atoms with van der Waals surface area (Å²) < 4.78 is 10.5. The van der Waals surface area contributed by atoms with Crippen molar-refractivity contribution < 1.29 is 14.3 Å². The monoisotopic (exact) mass is 390 g/mol. The Morgan fingerprint density at radius 2 is 1.59 bits per heavy atom. The minimum atomic E-state index is -0.138. The van der Waals surface area contributed by atoms with E-state index in [2.05, 4.69) is 47.0 Å². The molecule has 5 heteroatoms. The Balaban J connectivity index is 1.56. The van der Waals surface area contributed by atoms with E-state index in [4.69, 9.17) is 9.47 Å². The van der Waals surface area contributed by atoms with Crippen LogP contribution in [0, 0.1) is 0 Å². The third kappa shape index (κ3) is 5.36. The number of anilines is 1. The summed E-state index contributed by atoms with van der Waals surface area (Å²) in [6.45, 7) is 2.23. The summed E-state index contributed by atoms with van der Waals surface area (Å²) >= 11 is 0. The smallest absolute Gasteiger partial charge is 0.238 e. The van der Waals surface area contributed by atoms with Crippen molar-refractivity contribution in [1.82, 2.24) is 5.32 Å². The molecule has 3 aromatic rings. The molecule has 0 aliphatic carbocycles. The van der Waals surface area contributed by atoms with Crippen LogP contribution in [0.3, 0.4) is 0 Å². The summed E-state index contributed by atoms with van der Waals surface area (Å²) in [5, 5.41) is 6.13. The Bertz CT molecular complexity index is 940. The van der Waals surface area contributed by atoms with Crippen molar-refractivity contribution in [1.29, 1.82) is 0 Å². The number of hydrogen-bond donors (Lipinski definition) is 2. The summed E-state index contributed by atoms with van der Waals surface area (Å²) in [6.07, 6.45) is 0. The van der Waals surface area contributed by atoms with Crippen LogP contribution in [0.4, 0.5) is 5.69 Å². The van der Waals surface area contributed by atoms with Crippen LogP contribution < -0.4 is 20.1 Å². The maximum Gasteiger partial charge on any atom is 0.238 e. The molecule has 0 spiro atoms. The fraction of sp³-hybridized carbons (Fsp3) is 0.208. The van der Waals surface area contributed by atoms with Gasteiger partial charge in [-0.1, -0.05) is 54.6 Å². The molecule has 1 amide bonds. The molecular weight excluding hydrogens is 364 g/mol. The Hall–Kier alpha value is -3.31. The normalized spacial score (nSPS) is 11.6. The number of carbonyl (C=O) groups excluding carboxylic acids is 1. The lowest BCUT2D eigenvalue weighted by molar-refractivity contribution is -0.115. The van der Waals surface area contributed by atoms with E-state index in [9.17, 15) is 4.79 Å². The van der Waals surface area contributed by atoms with Crippen LogP contribution in [-0.2, 0) is 4.79 Å². The van der Waals surface area contributed by atoms with Crippen LogP contribution >= 0.6 is 0 Å². The van der Waals surface area contributed by atoms with Gasteiger partial charge >= 0.3 is 0 Å². The van der Waals surface area contributed by atoms with E-state index in [1.807, 2.05) is 25.1 Å². The first-order valence-electron chi connectivity index (χ1n) is 9.51. The zero-order valence-corrected chi connectivity index (χ0v) is 16.9. The number of rotatable bonds is 8. The lowest BCUT2D eigenvalue weighted by atomic mass is 10.0. The van der Waals surface area contributed by atoms with E-state index in [0.717, 1.165) is 5.56 Å². The molecule has 3 rings (SSSR count). The van der Waals surface area contributed by atoms with E-state index in [-0.39, 0.29) is 18.5 Å². The molecule has 3 aromatic carbocycles. The number of ether oxygens (including phenoxy) is 2. The summed E-state index contributed by atoms with van der Waals surface area (Å²) in [6, 6.07) is 24.0. The highest BCUT2D eigenvalue weighted by Crippen LogP contribution is 2.29. The van der Waals surface area contributed by atoms with E-state index in [1.54, 1.807) is 32.4 Å². The fourth-order valence-corrected chi connectivity index (χ4v) is 3.05. The predicted molar refractivity (Wildman–Crippen MR) is 116 cm³/mol. The standard InChI is InChI=1S/C24H26N2O3/c1-17(18-9-11-20(12-10-18)19-7-5-4-6-8-19)25-16-24(27)26-22-14-13-21(28-2)15-23(22)29-3/h4-15,17,25H,16H2,1-3H3,(H,26,27)/t17-/m1/s1. The van der Waals surface area contributed by atoms with Crippen molar-refractivity contribution >= 4 is 11.6 Å². The molecular formula is C24H26N2O3. The minimum absolute atomic E-state index is 0.0448. The molecule has 0 fully saturated rings. The molecule has 0 bridgehead atoms. The van der Waals surface area contributed by atoms with Crippen LogP contribution in [0.5, 0.6) is 11.5 Å². The third-order valence-electron chi connectivity index (χ3n) is 4.77. The van der Waals surface area contributed by atoms with Gasteiger partial charge in [-0.25, -0.2) is 0 Å². The first-order chi connectivity index (χ1) is 14.1. The van der Waals surface area contributed by atoms with Gasteiger partial charge in [0, 0.05) is 12.1 Å². The van der Waals surface area contributed by atoms with Gasteiger partial charge in [0.2, 0.25) is 5.91 Å². The maximum absolute atomic E-state index is 12.3. The number of carbonyl (C=O) groups is 1. The molecule has 0 aliphatic rings. The summed E-state index contributed by atoms with van der Waals surface area (Å²) in [7, 11) is 3.15. The highest BCUT2D eigenvalue weighted by molar-refractivity contribution is 5.93. The Kier molecular flexibility index (Phi) is 6.87. The molecule has 0 saturated heterocycles. The van der Waals surface area contributed by atoms with Gasteiger partial charge in [0.25, 0.3) is 0 Å². The summed E-state index contributed by atoms with van der Waals surface area (Å²) in [5.74, 6) is 1.09. The number of benzene rings is 3. The zero-order chi connectivity index (χ0) is 20.6. The van der Waals surface area contributed by atoms with E-state index >= 15 is 0 Å². The molecule has 0 heterocycles. The third-order valence-corrected chi connectivity index (χ3v) is 4.77. The molecule has 0 aromatic heterocycles.